The number of likely N-dealkylation sites (tertiary alicyclic amines) is 1. The lowest BCUT2D eigenvalue weighted by Gasteiger charge is -2.23. The van der Waals surface area contributed by atoms with Gasteiger partial charge in [-0.05, 0) is 20.8 Å². The second-order valence-electron chi connectivity index (χ2n) is 4.43. The smallest absolute Gasteiger partial charge is 0.410 e. The summed E-state index contributed by atoms with van der Waals surface area (Å²) in [6, 6.07) is 0. The molecule has 1 heterocycles. The molecule has 1 aliphatic rings. The first kappa shape index (κ1) is 11.8. The number of hydrazone groups is 1. The predicted molar refractivity (Wildman–Crippen MR) is 54.8 cm³/mol. The third kappa shape index (κ3) is 3.75. The lowest BCUT2D eigenvalue weighted by Crippen LogP contribution is -2.35. The second-order valence-corrected chi connectivity index (χ2v) is 4.43. The number of amides is 1. The summed E-state index contributed by atoms with van der Waals surface area (Å²) < 4.78 is 5.20. The minimum Gasteiger partial charge on any atom is -0.444 e. The van der Waals surface area contributed by atoms with Crippen LogP contribution in [0.3, 0.4) is 0 Å². The van der Waals surface area contributed by atoms with Crippen molar-refractivity contribution in [2.24, 2.45) is 5.10 Å². The van der Waals surface area contributed by atoms with Gasteiger partial charge < -0.3 is 9.64 Å². The van der Waals surface area contributed by atoms with Crippen LogP contribution in [0.4, 0.5) is 4.79 Å². The molecular weight excluding hydrogens is 198 g/mol. The van der Waals surface area contributed by atoms with Crippen molar-refractivity contribution in [3.05, 3.63) is 0 Å². The molecule has 2 N–H and O–H groups in total. The molecule has 0 aromatic heterocycles. The highest BCUT2D eigenvalue weighted by molar-refractivity contribution is 5.91. The van der Waals surface area contributed by atoms with Crippen LogP contribution >= 0.6 is 0 Å². The Morgan fingerprint density at radius 3 is 2.80 bits per heavy atom. The van der Waals surface area contributed by atoms with Crippen LogP contribution in [0.2, 0.25) is 0 Å². The molecule has 15 heavy (non-hydrogen) atoms. The van der Waals surface area contributed by atoms with E-state index in [4.69, 9.17) is 9.94 Å². The molecule has 1 amide bonds. The average Bonchev–Trinajstić information content (AvgIpc) is 2.50. The summed E-state index contributed by atoms with van der Waals surface area (Å²) in [5.41, 5.74) is 1.99. The van der Waals surface area contributed by atoms with Gasteiger partial charge in [-0.1, -0.05) is 0 Å². The molecule has 0 aromatic carbocycles. The first-order valence-corrected chi connectivity index (χ1v) is 4.85. The number of nitrogens with zero attached hydrogens (tertiary/aromatic N) is 2. The zero-order chi connectivity index (χ0) is 11.5. The molecule has 1 rings (SSSR count). The van der Waals surface area contributed by atoms with Gasteiger partial charge in [0.15, 0.2) is 0 Å². The zero-order valence-corrected chi connectivity index (χ0v) is 9.28. The molecular formula is C9H17N3O3. The Morgan fingerprint density at radius 1 is 1.60 bits per heavy atom. The van der Waals surface area contributed by atoms with E-state index in [9.17, 15) is 4.79 Å². The van der Waals surface area contributed by atoms with Gasteiger partial charge in [0.05, 0.1) is 12.3 Å². The van der Waals surface area contributed by atoms with E-state index in [1.807, 2.05) is 20.8 Å². The van der Waals surface area contributed by atoms with E-state index < -0.39 is 5.60 Å². The number of nitrogens with one attached hydrogen (secondary N) is 1. The molecule has 6 heteroatoms. The Bertz CT molecular complexity index is 270. The third-order valence-corrected chi connectivity index (χ3v) is 1.90. The van der Waals surface area contributed by atoms with Crippen LogP contribution in [0.1, 0.15) is 27.2 Å². The Morgan fingerprint density at radius 2 is 2.27 bits per heavy atom. The van der Waals surface area contributed by atoms with Gasteiger partial charge in [0, 0.05) is 13.0 Å². The summed E-state index contributed by atoms with van der Waals surface area (Å²) in [4.78, 5) is 13.1. The predicted octanol–water partition coefficient (Wildman–Crippen LogP) is 0.962. The van der Waals surface area contributed by atoms with Crippen molar-refractivity contribution in [2.75, 3.05) is 13.1 Å². The average molecular weight is 215 g/mol. The van der Waals surface area contributed by atoms with Gasteiger partial charge in [-0.15, -0.1) is 0 Å². The summed E-state index contributed by atoms with van der Waals surface area (Å²) in [6.07, 6.45) is 0.318. The molecule has 0 radical (unpaired) electrons. The molecule has 6 nitrogen and oxygen atoms in total. The maximum atomic E-state index is 11.6. The Labute approximate surface area is 88.9 Å². The van der Waals surface area contributed by atoms with Gasteiger partial charge in [0.2, 0.25) is 0 Å². The fourth-order valence-electron chi connectivity index (χ4n) is 1.29. The molecule has 0 unspecified atom stereocenters. The summed E-state index contributed by atoms with van der Waals surface area (Å²) in [7, 11) is 0. The number of ether oxygens (including phenoxy) is 1. The lowest BCUT2D eigenvalue weighted by atomic mass is 10.2. The van der Waals surface area contributed by atoms with Gasteiger partial charge >= 0.3 is 6.09 Å². The van der Waals surface area contributed by atoms with Crippen molar-refractivity contribution in [3.8, 4) is 0 Å². The Kier molecular flexibility index (Phi) is 3.52. The lowest BCUT2D eigenvalue weighted by molar-refractivity contribution is 0.0302. The number of hydrogen-bond donors (Lipinski definition) is 2. The minimum absolute atomic E-state index is 0.342. The van der Waals surface area contributed by atoms with Crippen molar-refractivity contribution in [1.29, 1.82) is 0 Å². The van der Waals surface area contributed by atoms with E-state index in [-0.39, 0.29) is 6.09 Å². The van der Waals surface area contributed by atoms with Crippen LogP contribution in [0.15, 0.2) is 5.10 Å². The molecule has 0 saturated carbocycles. The Balaban J connectivity index is 2.47. The molecule has 0 aliphatic carbocycles. The van der Waals surface area contributed by atoms with E-state index in [1.54, 1.807) is 10.5 Å². The van der Waals surface area contributed by atoms with Crippen LogP contribution in [-0.4, -0.2) is 40.6 Å². The quantitative estimate of drug-likeness (QED) is 0.639. The van der Waals surface area contributed by atoms with Crippen LogP contribution in [0, 0.1) is 0 Å². The summed E-state index contributed by atoms with van der Waals surface area (Å²) >= 11 is 0. The molecule has 0 atom stereocenters. The maximum absolute atomic E-state index is 11.6. The minimum atomic E-state index is -0.480. The largest absolute Gasteiger partial charge is 0.444 e. The Hall–Kier alpha value is -1.30. The number of rotatable bonds is 1. The monoisotopic (exact) mass is 215 g/mol. The van der Waals surface area contributed by atoms with Crippen molar-refractivity contribution in [1.82, 2.24) is 10.5 Å². The van der Waals surface area contributed by atoms with Crippen LogP contribution in [0.25, 0.3) is 0 Å². The normalized spacial score (nSPS) is 19.5. The number of carbonyl (C=O) groups is 1. The van der Waals surface area contributed by atoms with Gasteiger partial charge in [-0.3, -0.25) is 5.21 Å². The fourth-order valence-corrected chi connectivity index (χ4v) is 1.29. The van der Waals surface area contributed by atoms with Crippen molar-refractivity contribution < 1.29 is 14.7 Å². The molecule has 1 aliphatic heterocycles. The highest BCUT2D eigenvalue weighted by Crippen LogP contribution is 2.13. The van der Waals surface area contributed by atoms with Gasteiger partial charge in [0.1, 0.15) is 5.60 Å². The maximum Gasteiger partial charge on any atom is 0.410 e. The number of hydrogen-bond acceptors (Lipinski definition) is 5. The molecule has 0 aromatic rings. The van der Waals surface area contributed by atoms with Crippen molar-refractivity contribution >= 4 is 11.8 Å². The third-order valence-electron chi connectivity index (χ3n) is 1.90. The van der Waals surface area contributed by atoms with E-state index in [0.29, 0.717) is 19.5 Å². The summed E-state index contributed by atoms with van der Waals surface area (Å²) in [5.74, 6) is 0. The molecule has 0 bridgehead atoms. The molecule has 1 fully saturated rings. The summed E-state index contributed by atoms with van der Waals surface area (Å²) in [6.45, 7) is 6.46. The van der Waals surface area contributed by atoms with Gasteiger partial charge in [-0.2, -0.15) is 10.7 Å². The molecule has 86 valence electrons. The molecule has 1 saturated heterocycles. The standard InChI is InChI=1S/C9H17N3O3/c1-9(2,3)15-8(13)12-5-4-7(6-12)10-11-14/h11,14H,4-6H2,1-3H3/b10-7+. The van der Waals surface area contributed by atoms with E-state index in [1.165, 1.54) is 0 Å². The fraction of sp³-hybridized carbons (Fsp3) is 0.778. The van der Waals surface area contributed by atoms with Crippen LogP contribution in [-0.2, 0) is 4.74 Å². The SMILES string of the molecule is CC(C)(C)OC(=O)N1CC/C(=N\NO)C1. The highest BCUT2D eigenvalue weighted by Gasteiger charge is 2.27. The van der Waals surface area contributed by atoms with Crippen LogP contribution < -0.4 is 5.59 Å². The van der Waals surface area contributed by atoms with E-state index in [0.717, 1.165) is 5.71 Å². The van der Waals surface area contributed by atoms with E-state index in [2.05, 4.69) is 5.10 Å². The highest BCUT2D eigenvalue weighted by atomic mass is 16.6. The summed E-state index contributed by atoms with van der Waals surface area (Å²) in [5, 5.41) is 12.0. The van der Waals surface area contributed by atoms with Crippen molar-refractivity contribution in [3.63, 3.8) is 0 Å². The van der Waals surface area contributed by atoms with E-state index >= 15 is 0 Å². The van der Waals surface area contributed by atoms with Gasteiger partial charge in [-0.25, -0.2) is 4.79 Å². The second kappa shape index (κ2) is 4.48. The molecule has 0 spiro atoms. The number of carbonyl (C=O) groups excluding carboxylic acids is 1. The topological polar surface area (TPSA) is 74.2 Å². The van der Waals surface area contributed by atoms with Crippen LogP contribution in [0.5, 0.6) is 0 Å². The van der Waals surface area contributed by atoms with Gasteiger partial charge in [0.25, 0.3) is 0 Å². The first-order chi connectivity index (χ1) is 6.92. The first-order valence-electron chi connectivity index (χ1n) is 4.85. The van der Waals surface area contributed by atoms with Crippen molar-refractivity contribution in [2.45, 2.75) is 32.8 Å². The zero-order valence-electron chi connectivity index (χ0n) is 9.28.